The van der Waals surface area contributed by atoms with Crippen molar-refractivity contribution in [2.24, 2.45) is 5.92 Å². The molecule has 3 aromatic rings. The number of esters is 1. The van der Waals surface area contributed by atoms with Crippen LogP contribution in [0.5, 0.6) is 0 Å². The van der Waals surface area contributed by atoms with Crippen LogP contribution in [0.15, 0.2) is 70.6 Å². The topological polar surface area (TPSA) is 102 Å². The first-order chi connectivity index (χ1) is 21.3. The maximum atomic E-state index is 13.7. The van der Waals surface area contributed by atoms with Gasteiger partial charge in [-0.3, -0.25) is 14.5 Å². The van der Waals surface area contributed by atoms with Crippen molar-refractivity contribution in [2.45, 2.75) is 56.4 Å². The van der Waals surface area contributed by atoms with Crippen LogP contribution in [-0.2, 0) is 24.3 Å². The lowest BCUT2D eigenvalue weighted by Crippen LogP contribution is -2.40. The Kier molecular flexibility index (Phi) is 9.04. The first kappa shape index (κ1) is 30.7. The number of amides is 1. The van der Waals surface area contributed by atoms with Crippen molar-refractivity contribution in [3.63, 3.8) is 0 Å². The van der Waals surface area contributed by atoms with Crippen molar-refractivity contribution in [3.05, 3.63) is 71.3 Å². The average Bonchev–Trinajstić information content (AvgIpc) is 3.78. The molecule has 3 fully saturated rings. The highest BCUT2D eigenvalue weighted by molar-refractivity contribution is 8.26. The number of carbonyl (C=O) groups is 2. The highest BCUT2D eigenvalue weighted by Crippen LogP contribution is 2.39. The van der Waals surface area contributed by atoms with Crippen LogP contribution in [-0.4, -0.2) is 69.3 Å². The van der Waals surface area contributed by atoms with E-state index in [2.05, 4.69) is 0 Å². The van der Waals surface area contributed by atoms with Crippen LogP contribution in [0.1, 0.15) is 51.0 Å². The van der Waals surface area contributed by atoms with Gasteiger partial charge in [0.15, 0.2) is 0 Å². The van der Waals surface area contributed by atoms with E-state index in [0.717, 1.165) is 31.4 Å². The summed E-state index contributed by atoms with van der Waals surface area (Å²) in [5, 5.41) is 4.86. The maximum Gasteiger partial charge on any atom is 0.309 e. The molecule has 0 N–H and O–H groups in total. The van der Waals surface area contributed by atoms with E-state index < -0.39 is 10.0 Å². The summed E-state index contributed by atoms with van der Waals surface area (Å²) >= 11 is 6.92. The molecule has 6 rings (SSSR count). The smallest absolute Gasteiger partial charge is 0.309 e. The maximum absolute atomic E-state index is 13.7. The minimum absolute atomic E-state index is 0.0899. The lowest BCUT2D eigenvalue weighted by Gasteiger charge is -2.30. The Morgan fingerprint density at radius 3 is 2.50 bits per heavy atom. The molecule has 3 heterocycles. The highest BCUT2D eigenvalue weighted by Gasteiger charge is 2.38. The van der Waals surface area contributed by atoms with Crippen LogP contribution in [0.4, 0.5) is 0 Å². The number of nitrogens with zero attached hydrogens (tertiary/aromatic N) is 4. The number of sulfonamides is 1. The summed E-state index contributed by atoms with van der Waals surface area (Å²) in [6.07, 6.45) is 8.61. The third-order valence-corrected chi connectivity index (χ3v) is 11.6. The number of ether oxygens (including phenoxy) is 1. The monoisotopic (exact) mass is 650 g/mol. The van der Waals surface area contributed by atoms with E-state index in [1.807, 2.05) is 48.7 Å². The molecule has 1 amide bonds. The van der Waals surface area contributed by atoms with Crippen LogP contribution in [0.2, 0.25) is 0 Å². The number of piperidine rings is 1. The Labute approximate surface area is 267 Å². The molecule has 0 bridgehead atoms. The Hall–Kier alpha value is -3.32. The predicted octanol–water partition coefficient (Wildman–Crippen LogP) is 5.65. The molecule has 230 valence electrons. The van der Waals surface area contributed by atoms with Crippen LogP contribution >= 0.6 is 24.0 Å². The van der Waals surface area contributed by atoms with Crippen LogP contribution < -0.4 is 0 Å². The second-order valence-electron chi connectivity index (χ2n) is 11.2. The van der Waals surface area contributed by atoms with E-state index in [9.17, 15) is 18.0 Å². The molecule has 9 nitrogen and oxygen atoms in total. The summed E-state index contributed by atoms with van der Waals surface area (Å²) < 4.78 is 36.3. The van der Waals surface area contributed by atoms with Crippen molar-refractivity contribution in [3.8, 4) is 16.9 Å². The fraction of sp³-hybridized carbons (Fsp3) is 0.375. The molecule has 1 aromatic heterocycles. The zero-order chi connectivity index (χ0) is 30.8. The summed E-state index contributed by atoms with van der Waals surface area (Å²) in [7, 11) is -3.82. The standard InChI is InChI=1S/C32H34N4O5S3/c1-2-41-31(38)22-15-17-34(18-16-22)44(39,40)27-14-8-9-23(19-27)29-24(21-35(33-29)25-10-4-3-5-11-25)20-28-30(37)36(32(42)43-28)26-12-6-7-13-26/h3-5,8-11,14,19-22,26H,2,6-7,12-13,15-18H2,1H3/b28-20-. The number of aromatic nitrogens is 2. The van der Waals surface area contributed by atoms with E-state index in [-0.39, 0.29) is 41.8 Å². The van der Waals surface area contributed by atoms with Crippen LogP contribution in [0, 0.1) is 5.92 Å². The normalized spacial score (nSPS) is 19.8. The number of hydrogen-bond donors (Lipinski definition) is 0. The van der Waals surface area contributed by atoms with Crippen molar-refractivity contribution in [1.29, 1.82) is 0 Å². The number of para-hydroxylation sites is 1. The van der Waals surface area contributed by atoms with Gasteiger partial charge in [0.05, 0.1) is 28.0 Å². The Morgan fingerprint density at radius 1 is 1.07 bits per heavy atom. The summed E-state index contributed by atoms with van der Waals surface area (Å²) in [6, 6.07) is 16.5. The summed E-state index contributed by atoms with van der Waals surface area (Å²) in [5.74, 6) is -0.653. The van der Waals surface area contributed by atoms with E-state index in [1.54, 1.807) is 34.7 Å². The van der Waals surface area contributed by atoms with Gasteiger partial charge in [-0.05, 0) is 62.9 Å². The molecule has 2 saturated heterocycles. The van der Waals surface area contributed by atoms with Crippen molar-refractivity contribution in [1.82, 2.24) is 19.0 Å². The fourth-order valence-electron chi connectivity index (χ4n) is 6.07. The van der Waals surface area contributed by atoms with E-state index in [4.69, 9.17) is 22.1 Å². The SMILES string of the molecule is CCOC(=O)C1CCN(S(=O)(=O)c2cccc(-c3nn(-c4ccccc4)cc3/C=C3\SC(=S)N(C4CCCC4)C3=O)c2)CC1. The molecule has 1 saturated carbocycles. The summed E-state index contributed by atoms with van der Waals surface area (Å²) in [6.45, 7) is 2.56. The van der Waals surface area contributed by atoms with E-state index in [1.165, 1.54) is 16.1 Å². The fourth-order valence-corrected chi connectivity index (χ4v) is 8.98. The zero-order valence-corrected chi connectivity index (χ0v) is 26.9. The van der Waals surface area contributed by atoms with Gasteiger partial charge in [-0.1, -0.05) is 67.2 Å². The van der Waals surface area contributed by atoms with Gasteiger partial charge in [-0.2, -0.15) is 9.40 Å². The minimum atomic E-state index is -3.82. The summed E-state index contributed by atoms with van der Waals surface area (Å²) in [5.41, 5.74) is 2.68. The number of rotatable bonds is 8. The second-order valence-corrected chi connectivity index (χ2v) is 14.8. The second kappa shape index (κ2) is 13.0. The summed E-state index contributed by atoms with van der Waals surface area (Å²) in [4.78, 5) is 28.1. The molecule has 0 radical (unpaired) electrons. The molecule has 3 aliphatic rings. The average molecular weight is 651 g/mol. The molecule has 2 aliphatic heterocycles. The zero-order valence-electron chi connectivity index (χ0n) is 24.4. The lowest BCUT2D eigenvalue weighted by atomic mass is 9.98. The predicted molar refractivity (Wildman–Crippen MR) is 174 cm³/mol. The van der Waals surface area contributed by atoms with E-state index >= 15 is 0 Å². The molecule has 12 heteroatoms. The first-order valence-corrected chi connectivity index (χ1v) is 17.6. The van der Waals surface area contributed by atoms with Crippen molar-refractivity contribution < 1.29 is 22.7 Å². The molecular formula is C32H34N4O5S3. The van der Waals surface area contributed by atoms with Gasteiger partial charge in [0, 0.05) is 36.5 Å². The number of thiocarbonyl (C=S) groups is 1. The molecule has 2 aromatic carbocycles. The van der Waals surface area contributed by atoms with Gasteiger partial charge in [0.1, 0.15) is 10.0 Å². The van der Waals surface area contributed by atoms with Gasteiger partial charge in [-0.15, -0.1) is 0 Å². The lowest BCUT2D eigenvalue weighted by molar-refractivity contribution is -0.149. The number of carbonyl (C=O) groups excluding carboxylic acids is 2. The molecule has 44 heavy (non-hydrogen) atoms. The molecule has 0 spiro atoms. The quantitative estimate of drug-likeness (QED) is 0.175. The highest BCUT2D eigenvalue weighted by atomic mass is 32.2. The largest absolute Gasteiger partial charge is 0.466 e. The Balaban J connectivity index is 1.33. The number of hydrogen-bond acceptors (Lipinski definition) is 8. The van der Waals surface area contributed by atoms with E-state index in [0.29, 0.717) is 45.5 Å². The van der Waals surface area contributed by atoms with Gasteiger partial charge in [-0.25, -0.2) is 13.1 Å². The van der Waals surface area contributed by atoms with Crippen molar-refractivity contribution >= 4 is 56.3 Å². The van der Waals surface area contributed by atoms with Gasteiger partial charge >= 0.3 is 5.97 Å². The molecular weight excluding hydrogens is 617 g/mol. The first-order valence-electron chi connectivity index (χ1n) is 15.0. The van der Waals surface area contributed by atoms with Gasteiger partial charge < -0.3 is 4.74 Å². The third kappa shape index (κ3) is 6.13. The van der Waals surface area contributed by atoms with Gasteiger partial charge in [0.2, 0.25) is 10.0 Å². The Bertz CT molecular complexity index is 1710. The van der Waals surface area contributed by atoms with Gasteiger partial charge in [0.25, 0.3) is 5.91 Å². The van der Waals surface area contributed by atoms with Crippen LogP contribution in [0.3, 0.4) is 0 Å². The Morgan fingerprint density at radius 2 is 1.80 bits per heavy atom. The molecule has 1 aliphatic carbocycles. The van der Waals surface area contributed by atoms with Crippen molar-refractivity contribution in [2.75, 3.05) is 19.7 Å². The minimum Gasteiger partial charge on any atom is -0.466 e. The third-order valence-electron chi connectivity index (χ3n) is 8.38. The number of thioether (sulfide) groups is 1. The molecule has 0 unspecified atom stereocenters. The molecule has 0 atom stereocenters. The van der Waals surface area contributed by atoms with Crippen LogP contribution in [0.25, 0.3) is 23.0 Å². The number of benzene rings is 2.